The van der Waals surface area contributed by atoms with E-state index in [2.05, 4.69) is 5.32 Å². The number of amides is 1. The van der Waals surface area contributed by atoms with E-state index in [1.54, 1.807) is 13.0 Å². The molecule has 0 aromatic heterocycles. The van der Waals surface area contributed by atoms with Crippen molar-refractivity contribution in [2.45, 2.75) is 6.92 Å². The lowest BCUT2D eigenvalue weighted by Crippen LogP contribution is -2.12. The number of rotatable bonds is 3. The summed E-state index contributed by atoms with van der Waals surface area (Å²) in [6, 6.07) is 7.94. The van der Waals surface area contributed by atoms with Crippen molar-refractivity contribution in [1.29, 1.82) is 0 Å². The van der Waals surface area contributed by atoms with E-state index in [4.69, 9.17) is 11.6 Å². The van der Waals surface area contributed by atoms with Crippen LogP contribution in [-0.2, 0) is 0 Å². The zero-order chi connectivity index (χ0) is 15.6. The smallest absolute Gasteiger partial charge is 0.288 e. The van der Waals surface area contributed by atoms with E-state index < -0.39 is 16.6 Å². The lowest BCUT2D eigenvalue weighted by molar-refractivity contribution is -0.384. The van der Waals surface area contributed by atoms with Gasteiger partial charge in [0.2, 0.25) is 0 Å². The van der Waals surface area contributed by atoms with Crippen molar-refractivity contribution in [3.05, 3.63) is 68.5 Å². The van der Waals surface area contributed by atoms with E-state index in [0.717, 1.165) is 6.07 Å². The van der Waals surface area contributed by atoms with Crippen LogP contribution in [0.5, 0.6) is 0 Å². The van der Waals surface area contributed by atoms with Crippen LogP contribution in [-0.4, -0.2) is 10.8 Å². The molecule has 2 aromatic rings. The second-order valence-corrected chi connectivity index (χ2v) is 4.75. The number of nitro benzene ring substituents is 1. The largest absolute Gasteiger partial charge is 0.322 e. The monoisotopic (exact) mass is 308 g/mol. The van der Waals surface area contributed by atoms with Crippen molar-refractivity contribution in [2.75, 3.05) is 5.32 Å². The zero-order valence-electron chi connectivity index (χ0n) is 10.9. The number of anilines is 1. The Morgan fingerprint density at radius 2 is 2.00 bits per heavy atom. The number of hydrogen-bond donors (Lipinski definition) is 1. The molecule has 0 bridgehead atoms. The molecule has 0 fully saturated rings. The molecule has 0 aliphatic carbocycles. The van der Waals surface area contributed by atoms with Gasteiger partial charge >= 0.3 is 0 Å². The molecule has 0 radical (unpaired) electrons. The predicted molar refractivity (Wildman–Crippen MR) is 77.2 cm³/mol. The number of hydrogen-bond acceptors (Lipinski definition) is 3. The Hall–Kier alpha value is -2.47. The minimum atomic E-state index is -0.676. The van der Waals surface area contributed by atoms with Crippen LogP contribution < -0.4 is 5.32 Å². The van der Waals surface area contributed by atoms with Crippen molar-refractivity contribution >= 4 is 28.9 Å². The van der Waals surface area contributed by atoms with E-state index in [-0.39, 0.29) is 22.0 Å². The number of aryl methyl sites for hydroxylation is 1. The van der Waals surface area contributed by atoms with E-state index >= 15 is 0 Å². The first kappa shape index (κ1) is 14.9. The van der Waals surface area contributed by atoms with E-state index in [0.29, 0.717) is 5.56 Å². The summed E-state index contributed by atoms with van der Waals surface area (Å²) in [5.41, 5.74) is 0.419. The van der Waals surface area contributed by atoms with Gasteiger partial charge in [-0.05, 0) is 36.8 Å². The van der Waals surface area contributed by atoms with Crippen molar-refractivity contribution in [1.82, 2.24) is 0 Å². The Balaban J connectivity index is 2.26. The number of benzene rings is 2. The lowest BCUT2D eigenvalue weighted by atomic mass is 10.1. The summed E-state index contributed by atoms with van der Waals surface area (Å²) in [6.07, 6.45) is 0. The maximum Gasteiger partial charge on any atom is 0.288 e. The van der Waals surface area contributed by atoms with Crippen molar-refractivity contribution in [3.8, 4) is 0 Å². The number of carbonyl (C=O) groups is 1. The van der Waals surface area contributed by atoms with Gasteiger partial charge in [0, 0.05) is 17.3 Å². The third-order valence-corrected chi connectivity index (χ3v) is 3.15. The topological polar surface area (TPSA) is 72.2 Å². The molecule has 5 nitrogen and oxygen atoms in total. The number of carbonyl (C=O) groups excluding carboxylic acids is 1. The maximum absolute atomic E-state index is 13.4. The van der Waals surface area contributed by atoms with E-state index in [9.17, 15) is 19.3 Å². The highest BCUT2D eigenvalue weighted by molar-refractivity contribution is 6.32. The van der Waals surface area contributed by atoms with Gasteiger partial charge in [0.25, 0.3) is 11.6 Å². The number of nitro groups is 1. The molecule has 2 rings (SSSR count). The van der Waals surface area contributed by atoms with E-state index in [1.807, 2.05) is 0 Å². The van der Waals surface area contributed by atoms with Crippen LogP contribution in [0.2, 0.25) is 5.02 Å². The second-order valence-electron chi connectivity index (χ2n) is 4.34. The minimum absolute atomic E-state index is 0.0575. The molecular weight excluding hydrogens is 299 g/mol. The number of nitrogens with one attached hydrogen (secondary N) is 1. The fraction of sp³-hybridized carbons (Fsp3) is 0.0714. The van der Waals surface area contributed by atoms with Crippen LogP contribution >= 0.6 is 11.6 Å². The minimum Gasteiger partial charge on any atom is -0.322 e. The first-order valence-electron chi connectivity index (χ1n) is 5.90. The van der Waals surface area contributed by atoms with Crippen molar-refractivity contribution in [3.63, 3.8) is 0 Å². The Bertz CT molecular complexity index is 734. The fourth-order valence-electron chi connectivity index (χ4n) is 1.67. The summed E-state index contributed by atoms with van der Waals surface area (Å²) in [6.45, 7) is 1.60. The van der Waals surface area contributed by atoms with Crippen LogP contribution in [0.25, 0.3) is 0 Å². The first-order chi connectivity index (χ1) is 9.88. The molecule has 0 aliphatic rings. The summed E-state index contributed by atoms with van der Waals surface area (Å²) >= 11 is 5.67. The number of halogens is 2. The Labute approximate surface area is 124 Å². The van der Waals surface area contributed by atoms with Gasteiger partial charge in [0.15, 0.2) is 0 Å². The molecule has 2 aromatic carbocycles. The molecule has 0 heterocycles. The molecule has 0 saturated heterocycles. The normalized spacial score (nSPS) is 10.2. The van der Waals surface area contributed by atoms with Gasteiger partial charge in [-0.25, -0.2) is 4.39 Å². The predicted octanol–water partition coefficient (Wildman–Crippen LogP) is 3.95. The van der Waals surface area contributed by atoms with E-state index in [1.165, 1.54) is 24.3 Å². The van der Waals surface area contributed by atoms with Gasteiger partial charge in [0.1, 0.15) is 10.8 Å². The van der Waals surface area contributed by atoms with Gasteiger partial charge in [-0.2, -0.15) is 0 Å². The molecule has 7 heteroatoms. The zero-order valence-corrected chi connectivity index (χ0v) is 11.6. The summed E-state index contributed by atoms with van der Waals surface area (Å²) < 4.78 is 13.4. The number of nitrogens with zero attached hydrogens (tertiary/aromatic N) is 1. The molecule has 0 spiro atoms. The quantitative estimate of drug-likeness (QED) is 0.689. The van der Waals surface area contributed by atoms with Crippen LogP contribution in [0.1, 0.15) is 15.9 Å². The summed E-state index contributed by atoms with van der Waals surface area (Å²) in [7, 11) is 0. The fourth-order valence-corrected chi connectivity index (χ4v) is 1.85. The van der Waals surface area contributed by atoms with Crippen LogP contribution in [0.4, 0.5) is 15.8 Å². The van der Waals surface area contributed by atoms with Gasteiger partial charge in [-0.1, -0.05) is 17.7 Å². The molecule has 0 aliphatic heterocycles. The standard InChI is InChI=1S/C14H10ClFN2O3/c1-8-2-4-10(7-12(8)16)17-14(19)9-3-5-11(15)13(6-9)18(20)21/h2-7H,1H3,(H,17,19). The Morgan fingerprint density at radius 1 is 1.29 bits per heavy atom. The highest BCUT2D eigenvalue weighted by atomic mass is 35.5. The van der Waals surface area contributed by atoms with Gasteiger partial charge in [0.05, 0.1) is 4.92 Å². The SMILES string of the molecule is Cc1ccc(NC(=O)c2ccc(Cl)c([N+](=O)[O-])c2)cc1F. The summed E-state index contributed by atoms with van der Waals surface area (Å²) in [5.74, 6) is -1.03. The molecule has 0 unspecified atom stereocenters. The highest BCUT2D eigenvalue weighted by Gasteiger charge is 2.16. The Kier molecular flexibility index (Phi) is 4.18. The molecule has 1 amide bonds. The Morgan fingerprint density at radius 3 is 2.62 bits per heavy atom. The first-order valence-corrected chi connectivity index (χ1v) is 6.27. The average molecular weight is 309 g/mol. The van der Waals surface area contributed by atoms with Gasteiger partial charge < -0.3 is 5.32 Å². The van der Waals surface area contributed by atoms with Crippen molar-refractivity contribution in [2.24, 2.45) is 0 Å². The third-order valence-electron chi connectivity index (χ3n) is 2.83. The van der Waals surface area contributed by atoms with Crippen LogP contribution in [0, 0.1) is 22.9 Å². The van der Waals surface area contributed by atoms with Gasteiger partial charge in [-0.15, -0.1) is 0 Å². The maximum atomic E-state index is 13.4. The second kappa shape index (κ2) is 5.88. The third kappa shape index (κ3) is 3.35. The summed E-state index contributed by atoms with van der Waals surface area (Å²) in [5, 5.41) is 13.2. The molecule has 0 atom stereocenters. The highest BCUT2D eigenvalue weighted by Crippen LogP contribution is 2.25. The molecular formula is C14H10ClFN2O3. The summed E-state index contributed by atoms with van der Waals surface area (Å²) in [4.78, 5) is 22.1. The molecule has 0 saturated carbocycles. The van der Waals surface area contributed by atoms with Crippen molar-refractivity contribution < 1.29 is 14.1 Å². The molecule has 108 valence electrons. The lowest BCUT2D eigenvalue weighted by Gasteiger charge is -2.06. The molecule has 21 heavy (non-hydrogen) atoms. The van der Waals surface area contributed by atoms with Crippen LogP contribution in [0.15, 0.2) is 36.4 Å². The molecule has 1 N–H and O–H groups in total. The van der Waals surface area contributed by atoms with Gasteiger partial charge in [-0.3, -0.25) is 14.9 Å². The average Bonchev–Trinajstić information content (AvgIpc) is 2.43. The van der Waals surface area contributed by atoms with Crippen LogP contribution in [0.3, 0.4) is 0 Å².